The molecule has 0 unspecified atom stereocenters. The molecule has 0 radical (unpaired) electrons. The molecule has 29 heavy (non-hydrogen) atoms. The van der Waals surface area contributed by atoms with Gasteiger partial charge in [0.2, 0.25) is 5.91 Å². The van der Waals surface area contributed by atoms with Crippen LogP contribution in [0.5, 0.6) is 0 Å². The Labute approximate surface area is 181 Å². The molecule has 1 heterocycles. The summed E-state index contributed by atoms with van der Waals surface area (Å²) in [6, 6.07) is 13.4. The van der Waals surface area contributed by atoms with Crippen molar-refractivity contribution in [2.45, 2.75) is 50.1 Å². The Hall–Kier alpha value is -1.98. The average molecular weight is 429 g/mol. The minimum Gasteiger partial charge on any atom is -0.349 e. The summed E-state index contributed by atoms with van der Waals surface area (Å²) in [5.41, 5.74) is 2.43. The van der Waals surface area contributed by atoms with Crippen LogP contribution in [0, 0.1) is 5.92 Å². The summed E-state index contributed by atoms with van der Waals surface area (Å²) in [4.78, 5) is 28.3. The molecule has 1 fully saturated rings. The molecule has 0 aromatic heterocycles. The molecule has 152 valence electrons. The number of hydrogen-bond acceptors (Lipinski definition) is 3. The molecule has 6 heteroatoms. The largest absolute Gasteiger partial charge is 0.349 e. The minimum absolute atomic E-state index is 0.0518. The maximum absolute atomic E-state index is 12.9. The number of carbonyl (C=O) groups is 2. The Balaban J connectivity index is 1.56. The highest BCUT2D eigenvalue weighted by Crippen LogP contribution is 2.37. The highest BCUT2D eigenvalue weighted by Gasteiger charge is 2.27. The number of thioether (sulfide) groups is 1. The standard InChI is InChI=1S/C23H25ClN2O2S/c1-15-4-2-3-5-19(15)25-23(28)17-8-11-21-20(12-17)26(22(27)14-29-21)13-16-6-9-18(24)10-7-16/h6-12,15,19H,2-5,13-14H2,1H3,(H,25,28)/t15-,19+/m0/s1. The fraction of sp³-hybridized carbons (Fsp3) is 0.391. The van der Waals surface area contributed by atoms with Crippen LogP contribution in [0.1, 0.15) is 48.5 Å². The molecule has 1 N–H and O–H groups in total. The third-order valence-electron chi connectivity index (χ3n) is 5.85. The fourth-order valence-corrected chi connectivity index (χ4v) is 5.11. The van der Waals surface area contributed by atoms with Crippen LogP contribution in [0.4, 0.5) is 5.69 Å². The molecule has 1 aliphatic carbocycles. The molecule has 2 aromatic carbocycles. The number of nitrogens with zero attached hydrogens (tertiary/aromatic N) is 1. The second kappa shape index (κ2) is 8.80. The van der Waals surface area contributed by atoms with E-state index in [0.717, 1.165) is 29.0 Å². The van der Waals surface area contributed by atoms with Crippen LogP contribution in [0.3, 0.4) is 0 Å². The molecule has 4 rings (SSSR count). The number of anilines is 1. The Morgan fingerprint density at radius 1 is 1.17 bits per heavy atom. The van der Waals surface area contributed by atoms with Gasteiger partial charge < -0.3 is 10.2 Å². The predicted molar refractivity (Wildman–Crippen MR) is 119 cm³/mol. The molecule has 1 saturated carbocycles. The molecule has 0 saturated heterocycles. The summed E-state index contributed by atoms with van der Waals surface area (Å²) in [6.07, 6.45) is 4.61. The first-order valence-electron chi connectivity index (χ1n) is 10.1. The van der Waals surface area contributed by atoms with Crippen LogP contribution in [0.15, 0.2) is 47.4 Å². The summed E-state index contributed by atoms with van der Waals surface area (Å²) in [6.45, 7) is 2.68. The Bertz CT molecular complexity index is 916. The number of nitrogens with one attached hydrogen (secondary N) is 1. The number of benzene rings is 2. The van der Waals surface area contributed by atoms with Crippen molar-refractivity contribution in [3.05, 3.63) is 58.6 Å². The first-order valence-corrected chi connectivity index (χ1v) is 11.5. The second-order valence-corrected chi connectivity index (χ2v) is 9.37. The maximum Gasteiger partial charge on any atom is 0.251 e. The van der Waals surface area contributed by atoms with Crippen molar-refractivity contribution in [1.29, 1.82) is 0 Å². The van der Waals surface area contributed by atoms with Gasteiger partial charge in [-0.05, 0) is 54.7 Å². The Kier molecular flexibility index (Phi) is 6.16. The highest BCUT2D eigenvalue weighted by atomic mass is 35.5. The maximum atomic E-state index is 12.9. The number of carbonyl (C=O) groups excluding carboxylic acids is 2. The molecule has 1 aliphatic heterocycles. The fourth-order valence-electron chi connectivity index (χ4n) is 4.07. The van der Waals surface area contributed by atoms with Crippen molar-refractivity contribution < 1.29 is 9.59 Å². The lowest BCUT2D eigenvalue weighted by Crippen LogP contribution is -2.41. The van der Waals surface area contributed by atoms with Gasteiger partial charge in [-0.3, -0.25) is 9.59 Å². The van der Waals surface area contributed by atoms with Crippen LogP contribution in [-0.2, 0) is 11.3 Å². The molecular formula is C23H25ClN2O2S. The first-order chi connectivity index (χ1) is 14.0. The van der Waals surface area contributed by atoms with E-state index < -0.39 is 0 Å². The van der Waals surface area contributed by atoms with E-state index in [-0.39, 0.29) is 17.9 Å². The van der Waals surface area contributed by atoms with Crippen LogP contribution >= 0.6 is 23.4 Å². The number of hydrogen-bond donors (Lipinski definition) is 1. The number of rotatable bonds is 4. The molecule has 2 aromatic rings. The van der Waals surface area contributed by atoms with Crippen molar-refractivity contribution in [3.8, 4) is 0 Å². The van der Waals surface area contributed by atoms with E-state index >= 15 is 0 Å². The van der Waals surface area contributed by atoms with Crippen LogP contribution < -0.4 is 10.2 Å². The van der Waals surface area contributed by atoms with Gasteiger partial charge >= 0.3 is 0 Å². The topological polar surface area (TPSA) is 49.4 Å². The van der Waals surface area contributed by atoms with Gasteiger partial charge in [-0.15, -0.1) is 11.8 Å². The van der Waals surface area contributed by atoms with E-state index in [2.05, 4.69) is 12.2 Å². The zero-order valence-electron chi connectivity index (χ0n) is 16.5. The third kappa shape index (κ3) is 4.62. The van der Waals surface area contributed by atoms with Gasteiger partial charge in [0.1, 0.15) is 0 Å². The minimum atomic E-state index is -0.0546. The van der Waals surface area contributed by atoms with Gasteiger partial charge in [-0.1, -0.05) is 43.5 Å². The van der Waals surface area contributed by atoms with Crippen molar-refractivity contribution in [2.24, 2.45) is 5.92 Å². The van der Waals surface area contributed by atoms with Crippen molar-refractivity contribution in [3.63, 3.8) is 0 Å². The zero-order valence-corrected chi connectivity index (χ0v) is 18.1. The van der Waals surface area contributed by atoms with Gasteiger partial charge in [0.25, 0.3) is 5.91 Å². The smallest absolute Gasteiger partial charge is 0.251 e. The van der Waals surface area contributed by atoms with Crippen LogP contribution in [-0.4, -0.2) is 23.6 Å². The summed E-state index contributed by atoms with van der Waals surface area (Å²) in [7, 11) is 0. The Morgan fingerprint density at radius 3 is 2.69 bits per heavy atom. The lowest BCUT2D eigenvalue weighted by molar-refractivity contribution is -0.116. The van der Waals surface area contributed by atoms with Crippen molar-refractivity contribution in [2.75, 3.05) is 10.7 Å². The Morgan fingerprint density at radius 2 is 1.93 bits per heavy atom. The lowest BCUT2D eigenvalue weighted by atomic mass is 9.86. The summed E-state index contributed by atoms with van der Waals surface area (Å²) in [5.74, 6) is 0.909. The number of halogens is 1. The zero-order chi connectivity index (χ0) is 20.4. The van der Waals surface area contributed by atoms with E-state index in [1.807, 2.05) is 42.5 Å². The van der Waals surface area contributed by atoms with Crippen LogP contribution in [0.25, 0.3) is 0 Å². The number of amides is 2. The van der Waals surface area contributed by atoms with Gasteiger partial charge in [0.15, 0.2) is 0 Å². The molecule has 0 bridgehead atoms. The van der Waals surface area contributed by atoms with Crippen molar-refractivity contribution >= 4 is 40.9 Å². The molecule has 2 amide bonds. The monoisotopic (exact) mass is 428 g/mol. The van der Waals surface area contributed by atoms with Gasteiger partial charge in [0.05, 0.1) is 18.0 Å². The number of fused-ring (bicyclic) bond motifs is 1. The van der Waals surface area contributed by atoms with Crippen LogP contribution in [0.2, 0.25) is 5.02 Å². The van der Waals surface area contributed by atoms with E-state index in [9.17, 15) is 9.59 Å². The SMILES string of the molecule is C[C@H]1CCCC[C@H]1NC(=O)c1ccc2c(c1)N(Cc1ccc(Cl)cc1)C(=O)CS2. The lowest BCUT2D eigenvalue weighted by Gasteiger charge is -2.31. The van der Waals surface area contributed by atoms with E-state index in [1.54, 1.807) is 4.90 Å². The average Bonchev–Trinajstić information content (AvgIpc) is 2.73. The van der Waals surface area contributed by atoms with Crippen molar-refractivity contribution in [1.82, 2.24) is 5.32 Å². The molecule has 2 aliphatic rings. The summed E-state index contributed by atoms with van der Waals surface area (Å²) in [5, 5.41) is 3.88. The summed E-state index contributed by atoms with van der Waals surface area (Å²) < 4.78 is 0. The second-order valence-electron chi connectivity index (χ2n) is 7.92. The molecule has 2 atom stereocenters. The van der Waals surface area contributed by atoms with E-state index in [1.165, 1.54) is 24.6 Å². The van der Waals surface area contributed by atoms with E-state index in [0.29, 0.717) is 28.8 Å². The normalized spacial score (nSPS) is 21.6. The molecule has 0 spiro atoms. The third-order valence-corrected chi connectivity index (χ3v) is 7.15. The highest BCUT2D eigenvalue weighted by molar-refractivity contribution is 8.00. The summed E-state index contributed by atoms with van der Waals surface area (Å²) >= 11 is 7.51. The molecular weight excluding hydrogens is 404 g/mol. The first kappa shape index (κ1) is 20.3. The molecule has 4 nitrogen and oxygen atoms in total. The quantitative estimate of drug-likeness (QED) is 0.719. The van der Waals surface area contributed by atoms with E-state index in [4.69, 9.17) is 11.6 Å². The predicted octanol–water partition coefficient (Wildman–Crippen LogP) is 5.29. The van der Waals surface area contributed by atoms with Gasteiger partial charge in [-0.2, -0.15) is 0 Å². The van der Waals surface area contributed by atoms with Gasteiger partial charge in [-0.25, -0.2) is 0 Å². The van der Waals surface area contributed by atoms with Gasteiger partial charge in [0, 0.05) is 21.5 Å².